The quantitative estimate of drug-likeness (QED) is 0.155. The molecule has 0 spiro atoms. The van der Waals surface area contributed by atoms with Gasteiger partial charge >= 0.3 is 0 Å². The lowest BCUT2D eigenvalue weighted by Gasteiger charge is -2.26. The van der Waals surface area contributed by atoms with Gasteiger partial charge in [-0.05, 0) is 70.6 Å². The van der Waals surface area contributed by atoms with Crippen LogP contribution in [0.4, 0.5) is 17.1 Å². The predicted octanol–water partition coefficient (Wildman–Crippen LogP) is 13.6. The third-order valence-electron chi connectivity index (χ3n) is 8.31. The lowest BCUT2D eigenvalue weighted by Crippen LogP contribution is -2.09. The fraction of sp³-hybridized carbons (Fsp3) is 0. The van der Waals surface area contributed by atoms with Crippen LogP contribution in [-0.2, 0) is 0 Å². The van der Waals surface area contributed by atoms with Crippen LogP contribution >= 0.6 is 0 Å². The first-order valence-electron chi connectivity index (χ1n) is 28.7. The van der Waals surface area contributed by atoms with Crippen molar-refractivity contribution in [3.63, 3.8) is 0 Å². The molecular formula is C51H34N4O. The standard InChI is InChI=1S/C51H34N4O/c1-5-13-35(14-6-1)37-21-26-42(27-22-37)55(43-28-23-38(24-29-43)36-15-7-2-8-16-36)44-30-32-46-45-31-25-41(33-47(45)56-48(46)34-44)51-53-49(39-17-9-3-10-18-39)52-50(54-51)40-19-11-4-12-20-40/h1-34H/i1D,2D,5D,6D,7D,8D,13D,14D,15D,16D,21D,22D,23D,24D,25D,26D,27D,28D,29D,30D,31D,32D,33D,34D. The van der Waals surface area contributed by atoms with Gasteiger partial charge in [-0.15, -0.1) is 0 Å². The average Bonchev–Trinajstić information content (AvgIpc) is 3.98. The molecule has 2 aromatic heterocycles. The van der Waals surface area contributed by atoms with Crippen molar-refractivity contribution in [1.29, 1.82) is 0 Å². The molecule has 0 amide bonds. The minimum absolute atomic E-state index is 0.126. The van der Waals surface area contributed by atoms with E-state index in [1.54, 1.807) is 60.7 Å². The summed E-state index contributed by atoms with van der Waals surface area (Å²) in [5.74, 6) is 0.00158. The van der Waals surface area contributed by atoms with Crippen LogP contribution in [0.15, 0.2) is 210 Å². The highest BCUT2D eigenvalue weighted by Gasteiger charge is 2.18. The summed E-state index contributed by atoms with van der Waals surface area (Å²) in [6, 6.07) is -5.76. The molecule has 0 aliphatic heterocycles. The van der Waals surface area contributed by atoms with Crippen LogP contribution in [0.25, 0.3) is 78.4 Å². The Hall–Kier alpha value is -7.63. The molecule has 5 heteroatoms. The summed E-state index contributed by atoms with van der Waals surface area (Å²) < 4.78 is 222. The molecule has 0 aliphatic rings. The fourth-order valence-corrected chi connectivity index (χ4v) is 5.69. The van der Waals surface area contributed by atoms with Crippen LogP contribution in [0, 0.1) is 0 Å². The second kappa shape index (κ2) is 14.3. The largest absolute Gasteiger partial charge is 0.456 e. The van der Waals surface area contributed by atoms with Crippen molar-refractivity contribution in [2.45, 2.75) is 0 Å². The Bertz CT molecular complexity index is 4060. The van der Waals surface area contributed by atoms with Crippen molar-refractivity contribution in [2.24, 2.45) is 0 Å². The van der Waals surface area contributed by atoms with Crippen LogP contribution in [0.5, 0.6) is 0 Å². The molecule has 0 N–H and O–H groups in total. The molecule has 56 heavy (non-hydrogen) atoms. The number of fused-ring (bicyclic) bond motifs is 3. The molecule has 0 saturated heterocycles. The number of rotatable bonds is 8. The average molecular weight is 743 g/mol. The first-order chi connectivity index (χ1) is 37.8. The molecular weight excluding hydrogens is 685 g/mol. The lowest BCUT2D eigenvalue weighted by molar-refractivity contribution is 0.669. The van der Waals surface area contributed by atoms with Crippen LogP contribution < -0.4 is 4.90 Å². The first kappa shape index (κ1) is 16.4. The van der Waals surface area contributed by atoms with Crippen molar-refractivity contribution in [3.05, 3.63) is 206 Å². The van der Waals surface area contributed by atoms with Crippen molar-refractivity contribution in [2.75, 3.05) is 4.90 Å². The Balaban J connectivity index is 1.31. The van der Waals surface area contributed by atoms with Crippen LogP contribution in [0.2, 0.25) is 0 Å². The van der Waals surface area contributed by atoms with Gasteiger partial charge in [0.2, 0.25) is 0 Å². The maximum atomic E-state index is 9.80. The molecule has 0 unspecified atom stereocenters. The fourth-order valence-electron chi connectivity index (χ4n) is 5.69. The second-order valence-electron chi connectivity index (χ2n) is 11.8. The van der Waals surface area contributed by atoms with Gasteiger partial charge in [0.15, 0.2) is 17.5 Å². The SMILES string of the molecule is [2H]c1c([2H])c([2H])c(-c2c([2H])c([2H])c(N(c3c([2H])c([2H])c(-c4c([2H])c([2H])c([2H])c([2H])c4[2H])c([2H])c3[2H])c3c([2H])c([2H])c4c(oc5c([2H])c(-c6nc(-c7ccccc7)nc(-c7ccccc7)n6)c([2H])c([2H])c54)c3[2H])c([2H])c2[2H])c([2H])c1[2H]. The van der Waals surface area contributed by atoms with E-state index in [9.17, 15) is 19.2 Å². The number of furan rings is 1. The molecule has 264 valence electrons. The summed E-state index contributed by atoms with van der Waals surface area (Å²) >= 11 is 0. The van der Waals surface area contributed by atoms with Gasteiger partial charge in [0, 0.05) is 50.6 Å². The minimum atomic E-state index is -1.18. The Kier molecular flexibility index (Phi) is 4.19. The van der Waals surface area contributed by atoms with E-state index in [4.69, 9.17) is 18.1 Å². The zero-order chi connectivity index (χ0) is 58.1. The van der Waals surface area contributed by atoms with Gasteiger partial charge in [-0.3, -0.25) is 0 Å². The Morgan fingerprint density at radius 3 is 1.25 bits per heavy atom. The van der Waals surface area contributed by atoms with E-state index in [0.717, 1.165) is 0 Å². The molecule has 0 atom stereocenters. The highest BCUT2D eigenvalue weighted by atomic mass is 16.3. The van der Waals surface area contributed by atoms with Gasteiger partial charge < -0.3 is 9.32 Å². The molecule has 0 bridgehead atoms. The van der Waals surface area contributed by atoms with E-state index in [-0.39, 0.29) is 23.0 Å². The first-order valence-corrected chi connectivity index (χ1v) is 16.7. The second-order valence-corrected chi connectivity index (χ2v) is 11.8. The van der Waals surface area contributed by atoms with E-state index in [2.05, 4.69) is 15.0 Å². The predicted molar refractivity (Wildman–Crippen MR) is 229 cm³/mol. The molecule has 10 rings (SSSR count). The lowest BCUT2D eigenvalue weighted by atomic mass is 10.0. The maximum absolute atomic E-state index is 9.80. The number of hydrogen-bond acceptors (Lipinski definition) is 5. The van der Waals surface area contributed by atoms with E-state index in [1.807, 2.05) is 0 Å². The molecule has 5 nitrogen and oxygen atoms in total. The van der Waals surface area contributed by atoms with Gasteiger partial charge in [-0.25, -0.2) is 15.0 Å². The summed E-state index contributed by atoms with van der Waals surface area (Å²) in [4.78, 5) is 14.3. The summed E-state index contributed by atoms with van der Waals surface area (Å²) in [7, 11) is 0. The normalized spacial score (nSPS) is 17.2. The number of nitrogens with zero attached hydrogens (tertiary/aromatic N) is 4. The third-order valence-corrected chi connectivity index (χ3v) is 8.31. The van der Waals surface area contributed by atoms with Gasteiger partial charge in [-0.1, -0.05) is 151 Å². The van der Waals surface area contributed by atoms with Gasteiger partial charge in [0.25, 0.3) is 0 Å². The molecule has 0 fully saturated rings. The van der Waals surface area contributed by atoms with Gasteiger partial charge in [-0.2, -0.15) is 0 Å². The van der Waals surface area contributed by atoms with Gasteiger partial charge in [0.1, 0.15) is 11.2 Å². The Morgan fingerprint density at radius 2 is 0.750 bits per heavy atom. The molecule has 8 aromatic carbocycles. The van der Waals surface area contributed by atoms with Crippen LogP contribution in [0.3, 0.4) is 0 Å². The van der Waals surface area contributed by atoms with E-state index in [1.165, 1.54) is 0 Å². The molecule has 2 heterocycles. The topological polar surface area (TPSA) is 55.1 Å². The van der Waals surface area contributed by atoms with Crippen molar-refractivity contribution in [1.82, 2.24) is 15.0 Å². The Morgan fingerprint density at radius 1 is 0.357 bits per heavy atom. The van der Waals surface area contributed by atoms with Crippen molar-refractivity contribution >= 4 is 39.0 Å². The number of anilines is 3. The summed E-state index contributed by atoms with van der Waals surface area (Å²) in [6.07, 6.45) is 0. The number of hydrogen-bond donors (Lipinski definition) is 0. The molecule has 10 aromatic rings. The molecule has 0 saturated carbocycles. The zero-order valence-corrected chi connectivity index (χ0v) is 28.5. The van der Waals surface area contributed by atoms with Crippen LogP contribution in [0.1, 0.15) is 32.9 Å². The van der Waals surface area contributed by atoms with E-state index in [0.29, 0.717) is 16.0 Å². The Labute approximate surface area is 358 Å². The smallest absolute Gasteiger partial charge is 0.164 e. The minimum Gasteiger partial charge on any atom is -0.456 e. The highest BCUT2D eigenvalue weighted by Crippen LogP contribution is 2.40. The number of aromatic nitrogens is 3. The third kappa shape index (κ3) is 6.37. The monoisotopic (exact) mass is 742 g/mol. The molecule has 0 radical (unpaired) electrons. The number of benzene rings is 8. The van der Waals surface area contributed by atoms with Crippen molar-refractivity contribution < 1.29 is 37.3 Å². The van der Waals surface area contributed by atoms with Crippen LogP contribution in [-0.4, -0.2) is 15.0 Å². The maximum Gasteiger partial charge on any atom is 0.164 e. The van der Waals surface area contributed by atoms with Gasteiger partial charge in [0.05, 0.1) is 32.9 Å². The van der Waals surface area contributed by atoms with Crippen molar-refractivity contribution in [3.8, 4) is 56.4 Å². The highest BCUT2D eigenvalue weighted by molar-refractivity contribution is 6.07. The summed E-state index contributed by atoms with van der Waals surface area (Å²) in [6.45, 7) is 0. The van der Waals surface area contributed by atoms with E-state index >= 15 is 0 Å². The zero-order valence-electron chi connectivity index (χ0n) is 52.5. The summed E-state index contributed by atoms with van der Waals surface area (Å²) in [5, 5.41) is -0.904. The molecule has 0 aliphatic carbocycles. The van der Waals surface area contributed by atoms with E-state index < -0.39 is 206 Å². The summed E-state index contributed by atoms with van der Waals surface area (Å²) in [5.41, 5.74) is -6.84.